The molecule has 1 aromatic carbocycles. The third-order valence-corrected chi connectivity index (χ3v) is 2.61. The predicted molar refractivity (Wildman–Crippen MR) is 66.1 cm³/mol. The van der Waals surface area contributed by atoms with Gasteiger partial charge in [-0.05, 0) is 31.5 Å². The van der Waals surface area contributed by atoms with Crippen molar-refractivity contribution in [1.82, 2.24) is 0 Å². The van der Waals surface area contributed by atoms with Crippen LogP contribution in [0.15, 0.2) is 28.7 Å². The van der Waals surface area contributed by atoms with Gasteiger partial charge in [-0.15, -0.1) is 10.2 Å². The molecule has 22 heavy (non-hydrogen) atoms. The van der Waals surface area contributed by atoms with E-state index in [1.54, 1.807) is 13.8 Å². The highest BCUT2D eigenvalue weighted by Gasteiger charge is 2.21. The van der Waals surface area contributed by atoms with Crippen LogP contribution < -0.4 is 18.6 Å². The largest absolute Gasteiger partial charge is 0.462 e. The molecule has 1 heterocycles. The molecule has 0 bridgehead atoms. The van der Waals surface area contributed by atoms with Gasteiger partial charge in [-0.3, -0.25) is 0 Å². The van der Waals surface area contributed by atoms with Crippen LogP contribution in [0.4, 0.5) is 0 Å². The Morgan fingerprint density at radius 3 is 2.32 bits per heavy atom. The number of fused-ring (bicyclic) bond motifs is 1. The van der Waals surface area contributed by atoms with E-state index in [2.05, 4.69) is 0 Å². The second-order valence-electron chi connectivity index (χ2n) is 4.36. The number of carbonyl (C=O) groups is 1. The third kappa shape index (κ3) is 5.92. The van der Waals surface area contributed by atoms with E-state index in [0.717, 1.165) is 16.5 Å². The van der Waals surface area contributed by atoms with Crippen LogP contribution in [0.5, 0.6) is 0 Å². The van der Waals surface area contributed by atoms with Crippen molar-refractivity contribution >= 4 is 16.9 Å². The van der Waals surface area contributed by atoms with Crippen molar-refractivity contribution in [3.05, 3.63) is 41.2 Å². The average molecular weight is 331 g/mol. The van der Waals surface area contributed by atoms with Crippen molar-refractivity contribution in [3.8, 4) is 0 Å². The molecule has 8 heteroatoms. The highest BCUT2D eigenvalue weighted by molar-refractivity contribution is 5.94. The summed E-state index contributed by atoms with van der Waals surface area (Å²) in [6.45, 7) is 5.93. The lowest BCUT2D eigenvalue weighted by Gasteiger charge is -2.17. The molecule has 0 N–H and O–H groups in total. The predicted octanol–water partition coefficient (Wildman–Crippen LogP) is -1.25. The molecule has 0 saturated carbocycles. The van der Waals surface area contributed by atoms with Gasteiger partial charge < -0.3 is 4.74 Å². The van der Waals surface area contributed by atoms with Gasteiger partial charge in [0.1, 0.15) is 0 Å². The molecular weight excluding hydrogens is 316 g/mol. The van der Waals surface area contributed by atoms with Crippen molar-refractivity contribution in [2.24, 2.45) is 0 Å². The van der Waals surface area contributed by atoms with Crippen LogP contribution in [0.2, 0.25) is 0 Å². The summed E-state index contributed by atoms with van der Waals surface area (Å²) in [7, 11) is -4.94. The van der Waals surface area contributed by atoms with Crippen molar-refractivity contribution in [2.45, 2.75) is 20.8 Å². The SMILES string of the molecule is CCOC(=O)c1cc2ccc(C)cc2[o+]c1C.[O-][Cl+3]([O-])([O-])[O-]. The number of aryl methyl sites for hydroxylation is 2. The summed E-state index contributed by atoms with van der Waals surface area (Å²) in [5.41, 5.74) is 2.41. The lowest BCUT2D eigenvalue weighted by Crippen LogP contribution is -2.68. The Labute approximate surface area is 129 Å². The van der Waals surface area contributed by atoms with Crippen LogP contribution in [0.1, 0.15) is 28.6 Å². The Morgan fingerprint density at radius 2 is 1.77 bits per heavy atom. The van der Waals surface area contributed by atoms with Crippen LogP contribution >= 0.6 is 0 Å². The number of hydrogen-bond donors (Lipinski definition) is 0. The zero-order valence-corrected chi connectivity index (χ0v) is 13.0. The van der Waals surface area contributed by atoms with E-state index in [9.17, 15) is 4.79 Å². The topological polar surface area (TPSA) is 130 Å². The Bertz CT molecular complexity index is 658. The highest BCUT2D eigenvalue weighted by Crippen LogP contribution is 2.21. The molecule has 0 aliphatic rings. The fourth-order valence-corrected chi connectivity index (χ4v) is 1.74. The standard InChI is InChI=1S/C14H15O3.ClHO4/c1-4-16-14(15)12-8-11-6-5-9(2)7-13(11)17-10(12)3;2-1(3,4)5/h5-8H,4H2,1-3H3;(H,2,3,4,5)/q+1;/p-1. The first-order chi connectivity index (χ1) is 10.1. The van der Waals surface area contributed by atoms with Gasteiger partial charge in [0.2, 0.25) is 0 Å². The molecule has 2 rings (SSSR count). The summed E-state index contributed by atoms with van der Waals surface area (Å²) < 4.78 is 44.6. The maximum atomic E-state index is 11.7. The summed E-state index contributed by atoms with van der Waals surface area (Å²) in [5, 5.41) is 0.907. The van der Waals surface area contributed by atoms with Crippen molar-refractivity contribution < 1.29 is 42.8 Å². The second-order valence-corrected chi connectivity index (χ2v) is 5.11. The van der Waals surface area contributed by atoms with Crippen LogP contribution in [0, 0.1) is 24.1 Å². The van der Waals surface area contributed by atoms with Gasteiger partial charge in [0.25, 0.3) is 0 Å². The molecule has 0 atom stereocenters. The summed E-state index contributed by atoms with van der Waals surface area (Å²) in [6, 6.07) is 7.70. The molecule has 0 radical (unpaired) electrons. The third-order valence-electron chi connectivity index (χ3n) is 2.61. The normalized spacial score (nSPS) is 10.9. The highest BCUT2D eigenvalue weighted by atomic mass is 35.7. The van der Waals surface area contributed by atoms with Crippen LogP contribution in [0.25, 0.3) is 11.0 Å². The van der Waals surface area contributed by atoms with Crippen LogP contribution in [0.3, 0.4) is 0 Å². The smallest absolute Gasteiger partial charge is 0.360 e. The molecule has 0 unspecified atom stereocenters. The molecule has 120 valence electrons. The molecule has 0 spiro atoms. The van der Waals surface area contributed by atoms with Crippen molar-refractivity contribution in [1.29, 1.82) is 0 Å². The molecule has 0 aliphatic carbocycles. The maximum absolute atomic E-state index is 11.7. The fraction of sp³-hybridized carbons (Fsp3) is 0.286. The Hall–Kier alpha value is -1.77. The molecule has 1 aromatic heterocycles. The van der Waals surface area contributed by atoms with Gasteiger partial charge in [-0.25, -0.2) is 27.8 Å². The van der Waals surface area contributed by atoms with Gasteiger partial charge in [0.05, 0.1) is 18.9 Å². The van der Waals surface area contributed by atoms with Crippen molar-refractivity contribution in [2.75, 3.05) is 6.61 Å². The minimum Gasteiger partial charge on any atom is -0.462 e. The fourth-order valence-electron chi connectivity index (χ4n) is 1.74. The Balaban J connectivity index is 0.000000422. The summed E-state index contributed by atoms with van der Waals surface area (Å²) in [6.07, 6.45) is 0. The number of ether oxygens (including phenoxy) is 1. The molecule has 0 aliphatic heterocycles. The van der Waals surface area contributed by atoms with Gasteiger partial charge >= 0.3 is 17.3 Å². The van der Waals surface area contributed by atoms with Crippen molar-refractivity contribution in [3.63, 3.8) is 0 Å². The first-order valence-corrected chi connectivity index (χ1v) is 7.48. The van der Waals surface area contributed by atoms with E-state index in [0.29, 0.717) is 17.9 Å². The average Bonchev–Trinajstić information content (AvgIpc) is 2.36. The van der Waals surface area contributed by atoms with E-state index in [1.165, 1.54) is 0 Å². The van der Waals surface area contributed by atoms with Crippen LogP contribution in [-0.2, 0) is 4.74 Å². The number of hydrogen-bond acceptors (Lipinski definition) is 6. The van der Waals surface area contributed by atoms with E-state index in [-0.39, 0.29) is 5.97 Å². The number of halogens is 1. The summed E-state index contributed by atoms with van der Waals surface area (Å²) in [4.78, 5) is 11.7. The molecular formula is C14H15ClO7. The molecule has 2 aromatic rings. The summed E-state index contributed by atoms with van der Waals surface area (Å²) in [5.74, 6) is 0.248. The van der Waals surface area contributed by atoms with Gasteiger partial charge in [-0.1, -0.05) is 6.07 Å². The monoisotopic (exact) mass is 330 g/mol. The molecule has 7 nitrogen and oxygen atoms in total. The van der Waals surface area contributed by atoms with E-state index in [4.69, 9.17) is 27.8 Å². The Kier molecular flexibility index (Phi) is 6.21. The number of esters is 1. The van der Waals surface area contributed by atoms with E-state index in [1.807, 2.05) is 31.2 Å². The van der Waals surface area contributed by atoms with E-state index < -0.39 is 10.2 Å². The second kappa shape index (κ2) is 7.48. The Morgan fingerprint density at radius 1 is 1.18 bits per heavy atom. The van der Waals surface area contributed by atoms with Gasteiger partial charge in [0.15, 0.2) is 5.56 Å². The van der Waals surface area contributed by atoms with Gasteiger partial charge in [0, 0.05) is 6.07 Å². The molecule has 0 amide bonds. The lowest BCUT2D eigenvalue weighted by molar-refractivity contribution is -2.00. The van der Waals surface area contributed by atoms with Crippen LogP contribution in [-0.4, -0.2) is 12.6 Å². The quantitative estimate of drug-likeness (QED) is 0.496. The lowest BCUT2D eigenvalue weighted by atomic mass is 10.1. The minimum atomic E-state index is -4.94. The number of rotatable bonds is 2. The minimum absolute atomic E-state index is 0.337. The molecule has 0 fully saturated rings. The zero-order chi connectivity index (χ0) is 16.9. The summed E-state index contributed by atoms with van der Waals surface area (Å²) >= 11 is 0. The molecule has 0 saturated heterocycles. The number of carbonyl (C=O) groups excluding carboxylic acids is 1. The van der Waals surface area contributed by atoms with E-state index >= 15 is 0 Å². The zero-order valence-electron chi connectivity index (χ0n) is 12.3. The first-order valence-electron chi connectivity index (χ1n) is 6.24. The number of benzene rings is 1. The first kappa shape index (κ1) is 18.3. The maximum Gasteiger partial charge on any atom is 0.360 e. The van der Waals surface area contributed by atoms with Gasteiger partial charge in [-0.2, -0.15) is 0 Å².